The average Bonchev–Trinajstić information content (AvgIpc) is 3.48. The smallest absolute Gasteiger partial charge is 0.205 e. The van der Waals surface area contributed by atoms with Crippen molar-refractivity contribution in [2.24, 2.45) is 0 Å². The van der Waals surface area contributed by atoms with Crippen LogP contribution in [-0.2, 0) is 13.0 Å². The number of fused-ring (bicyclic) bond motifs is 1. The lowest BCUT2D eigenvalue weighted by Gasteiger charge is -2.12. The Labute approximate surface area is 190 Å². The Balaban J connectivity index is 1.53. The van der Waals surface area contributed by atoms with E-state index in [1.807, 2.05) is 54.0 Å². The van der Waals surface area contributed by atoms with Gasteiger partial charge in [0.25, 0.3) is 0 Å². The highest BCUT2D eigenvalue weighted by Crippen LogP contribution is 2.31. The Morgan fingerprint density at radius 3 is 2.67 bits per heavy atom. The molecule has 0 aliphatic heterocycles. The van der Waals surface area contributed by atoms with Crippen molar-refractivity contribution < 1.29 is 4.39 Å². The fraction of sp³-hybridized carbons (Fsp3) is 0.240. The van der Waals surface area contributed by atoms with Crippen molar-refractivity contribution in [3.8, 4) is 22.5 Å². The summed E-state index contributed by atoms with van der Waals surface area (Å²) >= 11 is 0. The molecule has 0 amide bonds. The topological polar surface area (TPSA) is 85.2 Å². The molecule has 0 saturated heterocycles. The molecule has 5 rings (SSSR count). The quantitative estimate of drug-likeness (QED) is 0.379. The number of unbranched alkanes of at least 4 members (excludes halogenated alkanes) is 1. The van der Waals surface area contributed by atoms with Gasteiger partial charge in [-0.25, -0.2) is 14.4 Å². The third kappa shape index (κ3) is 4.00. The zero-order valence-corrected chi connectivity index (χ0v) is 18.6. The second kappa shape index (κ2) is 8.90. The fourth-order valence-electron chi connectivity index (χ4n) is 4.09. The van der Waals surface area contributed by atoms with E-state index in [0.717, 1.165) is 58.5 Å². The van der Waals surface area contributed by atoms with Crippen molar-refractivity contribution in [1.82, 2.24) is 35.2 Å². The van der Waals surface area contributed by atoms with E-state index in [4.69, 9.17) is 4.98 Å². The molecule has 0 spiro atoms. The van der Waals surface area contributed by atoms with Gasteiger partial charge in [-0.1, -0.05) is 49.7 Å². The zero-order chi connectivity index (χ0) is 22.8. The minimum atomic E-state index is -0.272. The van der Waals surface area contributed by atoms with E-state index in [-0.39, 0.29) is 5.82 Å². The number of halogens is 1. The van der Waals surface area contributed by atoms with Crippen molar-refractivity contribution in [2.75, 3.05) is 0 Å². The number of rotatable bonds is 7. The lowest BCUT2D eigenvalue weighted by molar-refractivity contribution is 0.594. The number of aryl methyl sites for hydroxylation is 2. The predicted molar refractivity (Wildman–Crippen MR) is 125 cm³/mol. The van der Waals surface area contributed by atoms with E-state index < -0.39 is 0 Å². The number of hydrogen-bond acceptors (Lipinski definition) is 5. The van der Waals surface area contributed by atoms with Gasteiger partial charge in [0.15, 0.2) is 5.65 Å². The molecular formula is C25H24FN7. The number of nitrogens with one attached hydrogen (secondary N) is 1. The van der Waals surface area contributed by atoms with Crippen LogP contribution >= 0.6 is 0 Å². The molecule has 8 heteroatoms. The second-order valence-electron chi connectivity index (χ2n) is 8.10. The largest absolute Gasteiger partial charge is 0.308 e. The van der Waals surface area contributed by atoms with E-state index in [2.05, 4.69) is 32.5 Å². The number of nitrogens with zero attached hydrogens (tertiary/aromatic N) is 6. The molecular weight excluding hydrogens is 417 g/mol. The van der Waals surface area contributed by atoms with Crippen LogP contribution < -0.4 is 0 Å². The number of tetrazole rings is 1. The van der Waals surface area contributed by atoms with Crippen LogP contribution in [0.2, 0.25) is 0 Å². The van der Waals surface area contributed by atoms with Crippen molar-refractivity contribution >= 4 is 11.2 Å². The van der Waals surface area contributed by atoms with Gasteiger partial charge < -0.3 is 4.57 Å². The summed E-state index contributed by atoms with van der Waals surface area (Å²) in [7, 11) is 0. The first kappa shape index (κ1) is 20.9. The molecule has 3 aromatic heterocycles. The van der Waals surface area contributed by atoms with Gasteiger partial charge >= 0.3 is 0 Å². The molecule has 5 aromatic rings. The van der Waals surface area contributed by atoms with Crippen LogP contribution in [0, 0.1) is 12.7 Å². The average molecular weight is 442 g/mol. The summed E-state index contributed by atoms with van der Waals surface area (Å²) in [6, 6.07) is 14.9. The summed E-state index contributed by atoms with van der Waals surface area (Å²) in [6.45, 7) is 4.56. The highest BCUT2D eigenvalue weighted by Gasteiger charge is 2.17. The molecule has 2 aromatic carbocycles. The molecule has 166 valence electrons. The van der Waals surface area contributed by atoms with Crippen LogP contribution in [-0.4, -0.2) is 35.2 Å². The first-order valence-electron chi connectivity index (χ1n) is 11.1. The number of H-pyrrole nitrogens is 1. The molecule has 0 fully saturated rings. The highest BCUT2D eigenvalue weighted by atomic mass is 19.1. The number of hydrogen-bond donors (Lipinski definition) is 1. The van der Waals surface area contributed by atoms with Crippen molar-refractivity contribution in [3.63, 3.8) is 0 Å². The summed E-state index contributed by atoms with van der Waals surface area (Å²) in [5.41, 5.74) is 5.74. The standard InChI is InChI=1S/C25H24FN7/c1-3-4-9-22-28-23-16(2)12-13-27-25(23)33(22)15-18-11-10-17(14-21(18)26)19-7-5-6-8-20(19)24-29-31-32-30-24/h5-8,10-14H,3-4,9,15H2,1-2H3,(H,29,30,31,32). The van der Waals surface area contributed by atoms with E-state index in [9.17, 15) is 0 Å². The Kier molecular flexibility index (Phi) is 5.64. The van der Waals surface area contributed by atoms with Crippen molar-refractivity contribution in [2.45, 2.75) is 39.7 Å². The summed E-state index contributed by atoms with van der Waals surface area (Å²) in [4.78, 5) is 9.39. The van der Waals surface area contributed by atoms with Gasteiger partial charge in [-0.3, -0.25) is 0 Å². The minimum absolute atomic E-state index is 0.272. The molecule has 0 aliphatic carbocycles. The lowest BCUT2D eigenvalue weighted by atomic mass is 9.98. The number of aromatic amines is 1. The van der Waals surface area contributed by atoms with E-state index in [0.29, 0.717) is 17.9 Å². The summed E-state index contributed by atoms with van der Waals surface area (Å²) in [5.74, 6) is 1.15. The number of imidazole rings is 1. The molecule has 0 aliphatic rings. The molecule has 3 heterocycles. The van der Waals surface area contributed by atoms with Gasteiger partial charge in [0.2, 0.25) is 5.82 Å². The molecule has 0 saturated carbocycles. The van der Waals surface area contributed by atoms with E-state index >= 15 is 4.39 Å². The Morgan fingerprint density at radius 1 is 1.06 bits per heavy atom. The van der Waals surface area contributed by atoms with Gasteiger partial charge in [-0.15, -0.1) is 10.2 Å². The van der Waals surface area contributed by atoms with Gasteiger partial charge in [0, 0.05) is 23.7 Å². The zero-order valence-electron chi connectivity index (χ0n) is 18.6. The molecule has 33 heavy (non-hydrogen) atoms. The molecule has 1 N–H and O–H groups in total. The lowest BCUT2D eigenvalue weighted by Crippen LogP contribution is -2.08. The second-order valence-corrected chi connectivity index (χ2v) is 8.10. The first-order valence-corrected chi connectivity index (χ1v) is 11.1. The Hall–Kier alpha value is -3.94. The molecule has 7 nitrogen and oxygen atoms in total. The maximum absolute atomic E-state index is 15.4. The van der Waals surface area contributed by atoms with Crippen LogP contribution in [0.15, 0.2) is 54.7 Å². The Morgan fingerprint density at radius 2 is 1.91 bits per heavy atom. The molecule has 0 unspecified atom stereocenters. The SMILES string of the molecule is CCCCc1nc2c(C)ccnc2n1Cc1ccc(-c2ccccc2-c2nn[nH]n2)cc1F. The van der Waals surface area contributed by atoms with E-state index in [1.54, 1.807) is 12.3 Å². The van der Waals surface area contributed by atoms with Crippen LogP contribution in [0.25, 0.3) is 33.7 Å². The first-order chi connectivity index (χ1) is 16.2. The summed E-state index contributed by atoms with van der Waals surface area (Å²) < 4.78 is 17.4. The van der Waals surface area contributed by atoms with Crippen molar-refractivity contribution in [3.05, 3.63) is 77.5 Å². The number of benzene rings is 2. The van der Waals surface area contributed by atoms with Crippen LogP contribution in [0.5, 0.6) is 0 Å². The van der Waals surface area contributed by atoms with Crippen LogP contribution in [0.4, 0.5) is 4.39 Å². The minimum Gasteiger partial charge on any atom is -0.308 e. The Bertz CT molecular complexity index is 1410. The van der Waals surface area contributed by atoms with Crippen molar-refractivity contribution in [1.29, 1.82) is 0 Å². The molecule has 0 radical (unpaired) electrons. The maximum atomic E-state index is 15.4. The highest BCUT2D eigenvalue weighted by molar-refractivity contribution is 5.80. The van der Waals surface area contributed by atoms with Gasteiger partial charge in [0.1, 0.15) is 17.2 Å². The maximum Gasteiger partial charge on any atom is 0.205 e. The van der Waals surface area contributed by atoms with E-state index in [1.165, 1.54) is 0 Å². The predicted octanol–water partition coefficient (Wildman–Crippen LogP) is 5.12. The van der Waals surface area contributed by atoms with Crippen LogP contribution in [0.1, 0.15) is 36.7 Å². The van der Waals surface area contributed by atoms with Gasteiger partial charge in [-0.05, 0) is 47.4 Å². The number of aromatic nitrogens is 7. The van der Waals surface area contributed by atoms with Gasteiger partial charge in [0.05, 0.1) is 6.54 Å². The normalized spacial score (nSPS) is 11.4. The third-order valence-corrected chi connectivity index (χ3v) is 5.87. The molecule has 0 bridgehead atoms. The van der Waals surface area contributed by atoms with Gasteiger partial charge in [-0.2, -0.15) is 5.21 Å². The van der Waals surface area contributed by atoms with Crippen LogP contribution in [0.3, 0.4) is 0 Å². The molecule has 0 atom stereocenters. The summed E-state index contributed by atoms with van der Waals surface area (Å²) in [6.07, 6.45) is 4.72. The third-order valence-electron chi connectivity index (χ3n) is 5.87. The monoisotopic (exact) mass is 441 g/mol. The number of pyridine rings is 1. The summed E-state index contributed by atoms with van der Waals surface area (Å²) in [5, 5.41) is 14.3. The fourth-order valence-corrected chi connectivity index (χ4v) is 4.09.